The molecule has 0 aliphatic heterocycles. The molecule has 0 aromatic carbocycles. The second-order valence-corrected chi connectivity index (χ2v) is 5.93. The molecule has 0 unspecified atom stereocenters. The first-order valence-electron chi connectivity index (χ1n) is 5.61. The van der Waals surface area contributed by atoms with Gasteiger partial charge in [0.15, 0.2) is 0 Å². The van der Waals surface area contributed by atoms with E-state index in [2.05, 4.69) is 33.3 Å². The topological polar surface area (TPSA) is 20.2 Å². The van der Waals surface area contributed by atoms with Crippen molar-refractivity contribution in [2.75, 3.05) is 34.3 Å². The van der Waals surface area contributed by atoms with Gasteiger partial charge in [-0.15, -0.1) is 0 Å². The van der Waals surface area contributed by atoms with E-state index in [1.165, 1.54) is 13.0 Å². The maximum Gasteiger partial charge on any atom is 0.0818 e. The summed E-state index contributed by atoms with van der Waals surface area (Å²) in [4.78, 5) is 0. The fraction of sp³-hybridized carbons (Fsp3) is 0.833. The van der Waals surface area contributed by atoms with E-state index in [0.717, 1.165) is 10.4 Å². The van der Waals surface area contributed by atoms with E-state index in [9.17, 15) is 5.11 Å². The number of hydrogen-bond donors (Lipinski definition) is 1. The summed E-state index contributed by atoms with van der Waals surface area (Å²) < 4.78 is 1.01. The molecule has 2 nitrogen and oxygen atoms in total. The molecule has 0 aromatic heterocycles. The van der Waals surface area contributed by atoms with Crippen LogP contribution in [-0.2, 0) is 0 Å². The number of fused-ring (bicyclic) bond motifs is 2. The van der Waals surface area contributed by atoms with Gasteiger partial charge in [-0.05, 0) is 24.2 Å². The lowest BCUT2D eigenvalue weighted by molar-refractivity contribution is -0.874. The van der Waals surface area contributed by atoms with Gasteiger partial charge >= 0.3 is 0 Å². The van der Waals surface area contributed by atoms with Gasteiger partial charge in [0.05, 0.1) is 27.7 Å². The van der Waals surface area contributed by atoms with Crippen LogP contribution in [0.4, 0.5) is 0 Å². The maximum absolute atomic E-state index is 9.41. The van der Waals surface area contributed by atoms with E-state index in [-0.39, 0.29) is 0 Å². The van der Waals surface area contributed by atoms with E-state index >= 15 is 0 Å². The Morgan fingerprint density at radius 3 is 2.21 bits per heavy atom. The average molecular weight is 196 g/mol. The molecule has 1 saturated carbocycles. The predicted octanol–water partition coefficient (Wildman–Crippen LogP) is 1.12. The van der Waals surface area contributed by atoms with Crippen LogP contribution in [-0.4, -0.2) is 43.9 Å². The Labute approximate surface area is 86.8 Å². The summed E-state index contributed by atoms with van der Waals surface area (Å²) in [5.74, 6) is 2.65. The number of aliphatic hydroxyl groups excluding tert-OH is 1. The molecule has 2 aliphatic carbocycles. The highest BCUT2D eigenvalue weighted by Gasteiger charge is 2.45. The summed E-state index contributed by atoms with van der Waals surface area (Å²) >= 11 is 0. The third kappa shape index (κ3) is 1.73. The zero-order chi connectivity index (χ0) is 10.3. The van der Waals surface area contributed by atoms with Crippen LogP contribution in [0.5, 0.6) is 0 Å². The van der Waals surface area contributed by atoms with Gasteiger partial charge < -0.3 is 9.59 Å². The van der Waals surface area contributed by atoms with Crippen LogP contribution in [0.1, 0.15) is 6.42 Å². The van der Waals surface area contributed by atoms with Gasteiger partial charge in [-0.25, -0.2) is 0 Å². The first-order chi connectivity index (χ1) is 6.51. The molecule has 0 saturated heterocycles. The Kier molecular flexibility index (Phi) is 2.44. The molecule has 80 valence electrons. The van der Waals surface area contributed by atoms with Crippen molar-refractivity contribution in [2.24, 2.45) is 23.7 Å². The van der Waals surface area contributed by atoms with Crippen molar-refractivity contribution in [3.8, 4) is 0 Å². The smallest absolute Gasteiger partial charge is 0.0818 e. The Balaban J connectivity index is 2.08. The SMILES string of the molecule is C[N+](C)(C)C[C@H]1[C@@H](CO)[C@H]2C=C[C@H]1C2. The highest BCUT2D eigenvalue weighted by molar-refractivity contribution is 5.13. The maximum atomic E-state index is 9.41. The van der Waals surface area contributed by atoms with Crippen LogP contribution in [0.25, 0.3) is 0 Å². The summed E-state index contributed by atoms with van der Waals surface area (Å²) in [6, 6.07) is 0. The van der Waals surface area contributed by atoms with E-state index < -0.39 is 0 Å². The van der Waals surface area contributed by atoms with E-state index in [0.29, 0.717) is 24.4 Å². The molecular formula is C12H22NO+. The highest BCUT2D eigenvalue weighted by Crippen LogP contribution is 2.48. The van der Waals surface area contributed by atoms with Crippen LogP contribution >= 0.6 is 0 Å². The summed E-state index contributed by atoms with van der Waals surface area (Å²) in [5.41, 5.74) is 0. The summed E-state index contributed by atoms with van der Waals surface area (Å²) in [6.07, 6.45) is 5.98. The van der Waals surface area contributed by atoms with Crippen LogP contribution in [0, 0.1) is 23.7 Å². The minimum Gasteiger partial charge on any atom is -0.396 e. The molecule has 2 heteroatoms. The van der Waals surface area contributed by atoms with Crippen molar-refractivity contribution in [2.45, 2.75) is 6.42 Å². The average Bonchev–Trinajstić information content (AvgIpc) is 2.60. The normalized spacial score (nSPS) is 40.9. The molecule has 0 amide bonds. The third-order valence-electron chi connectivity index (χ3n) is 3.77. The fourth-order valence-electron chi connectivity index (χ4n) is 3.20. The van der Waals surface area contributed by atoms with Gasteiger partial charge in [-0.2, -0.15) is 0 Å². The molecule has 0 radical (unpaired) electrons. The lowest BCUT2D eigenvalue weighted by atomic mass is 9.83. The summed E-state index contributed by atoms with van der Waals surface area (Å²) in [5, 5.41) is 9.41. The molecule has 1 N–H and O–H groups in total. The Hall–Kier alpha value is -0.340. The summed E-state index contributed by atoms with van der Waals surface area (Å²) in [6.45, 7) is 1.56. The minimum absolute atomic E-state index is 0.371. The first kappa shape index (κ1) is 10.2. The second kappa shape index (κ2) is 3.35. The van der Waals surface area contributed by atoms with Gasteiger partial charge in [-0.3, -0.25) is 0 Å². The number of allylic oxidation sites excluding steroid dienone is 2. The fourth-order valence-corrected chi connectivity index (χ4v) is 3.20. The number of aliphatic hydroxyl groups is 1. The van der Waals surface area contributed by atoms with Gasteiger partial charge in [-0.1, -0.05) is 12.2 Å². The Morgan fingerprint density at radius 1 is 1.14 bits per heavy atom. The first-order valence-corrected chi connectivity index (χ1v) is 5.61. The van der Waals surface area contributed by atoms with Crippen LogP contribution in [0.3, 0.4) is 0 Å². The zero-order valence-electron chi connectivity index (χ0n) is 9.48. The van der Waals surface area contributed by atoms with Gasteiger partial charge in [0.2, 0.25) is 0 Å². The van der Waals surface area contributed by atoms with Crippen molar-refractivity contribution in [3.63, 3.8) is 0 Å². The Morgan fingerprint density at radius 2 is 1.71 bits per heavy atom. The molecular weight excluding hydrogens is 174 g/mol. The molecule has 2 aliphatic rings. The van der Waals surface area contributed by atoms with Crippen molar-refractivity contribution < 1.29 is 9.59 Å². The molecule has 1 fully saturated rings. The molecule has 2 bridgehead atoms. The molecule has 0 aromatic rings. The van der Waals surface area contributed by atoms with E-state index in [4.69, 9.17) is 0 Å². The Bertz CT molecular complexity index is 241. The number of hydrogen-bond acceptors (Lipinski definition) is 1. The van der Waals surface area contributed by atoms with Gasteiger partial charge in [0, 0.05) is 12.5 Å². The monoisotopic (exact) mass is 196 g/mol. The standard InChI is InChI=1S/C12H22NO/c1-13(2,3)7-11-9-4-5-10(6-9)12(11)8-14/h4-5,9-12,14H,6-8H2,1-3H3/q+1/t9-,10-,11+,12-/m0/s1. The van der Waals surface area contributed by atoms with Crippen molar-refractivity contribution in [1.29, 1.82) is 0 Å². The van der Waals surface area contributed by atoms with Crippen molar-refractivity contribution in [1.82, 2.24) is 0 Å². The van der Waals surface area contributed by atoms with E-state index in [1.807, 2.05) is 0 Å². The van der Waals surface area contributed by atoms with Gasteiger partial charge in [0.25, 0.3) is 0 Å². The molecule has 4 atom stereocenters. The lowest BCUT2D eigenvalue weighted by Gasteiger charge is -2.33. The highest BCUT2D eigenvalue weighted by atomic mass is 16.3. The van der Waals surface area contributed by atoms with E-state index in [1.54, 1.807) is 0 Å². The number of rotatable bonds is 3. The quantitative estimate of drug-likeness (QED) is 0.530. The van der Waals surface area contributed by atoms with Gasteiger partial charge in [0.1, 0.15) is 0 Å². The van der Waals surface area contributed by atoms with Crippen molar-refractivity contribution in [3.05, 3.63) is 12.2 Å². The minimum atomic E-state index is 0.371. The van der Waals surface area contributed by atoms with Crippen LogP contribution < -0.4 is 0 Å². The zero-order valence-corrected chi connectivity index (χ0v) is 9.48. The predicted molar refractivity (Wildman–Crippen MR) is 57.7 cm³/mol. The molecule has 0 heterocycles. The third-order valence-corrected chi connectivity index (χ3v) is 3.77. The summed E-state index contributed by atoms with van der Waals surface area (Å²) in [7, 11) is 6.72. The molecule has 0 spiro atoms. The van der Waals surface area contributed by atoms with Crippen LogP contribution in [0.2, 0.25) is 0 Å². The molecule has 14 heavy (non-hydrogen) atoms. The lowest BCUT2D eigenvalue weighted by Crippen LogP contribution is -2.43. The number of quaternary nitrogens is 1. The number of nitrogens with zero attached hydrogens (tertiary/aromatic N) is 1. The second-order valence-electron chi connectivity index (χ2n) is 5.93. The van der Waals surface area contributed by atoms with Crippen molar-refractivity contribution >= 4 is 0 Å². The largest absolute Gasteiger partial charge is 0.396 e. The molecule has 2 rings (SSSR count). The van der Waals surface area contributed by atoms with Crippen LogP contribution in [0.15, 0.2) is 12.2 Å².